The summed E-state index contributed by atoms with van der Waals surface area (Å²) in [5.41, 5.74) is 1.54. The van der Waals surface area contributed by atoms with Gasteiger partial charge in [-0.25, -0.2) is 17.5 Å². The van der Waals surface area contributed by atoms with Crippen molar-refractivity contribution in [3.8, 4) is 0 Å². The number of aromatic amines is 1. The third-order valence-corrected chi connectivity index (χ3v) is 4.92. The standard InChI is InChI=1S/C16H18FN3O4S/c1-10-7-11(2)20-16(22)14(10)8-18-15(21)9-19-25(23,24)13-5-3-12(17)4-6-13/h3-7,19H,8-9H2,1-2H3,(H,18,21)(H,20,22). The Morgan fingerprint density at radius 3 is 2.44 bits per heavy atom. The van der Waals surface area contributed by atoms with E-state index in [9.17, 15) is 22.4 Å². The van der Waals surface area contributed by atoms with Crippen LogP contribution >= 0.6 is 0 Å². The molecule has 2 aromatic rings. The van der Waals surface area contributed by atoms with Crippen molar-refractivity contribution in [1.29, 1.82) is 0 Å². The molecule has 1 amide bonds. The second-order valence-corrected chi connectivity index (χ2v) is 7.27. The summed E-state index contributed by atoms with van der Waals surface area (Å²) in [4.78, 5) is 26.2. The lowest BCUT2D eigenvalue weighted by Crippen LogP contribution is -2.37. The minimum atomic E-state index is -3.92. The number of amides is 1. The van der Waals surface area contributed by atoms with Gasteiger partial charge in [0, 0.05) is 17.8 Å². The Morgan fingerprint density at radius 1 is 1.20 bits per heavy atom. The van der Waals surface area contributed by atoms with Gasteiger partial charge in [0.25, 0.3) is 5.56 Å². The van der Waals surface area contributed by atoms with Crippen LogP contribution in [0.3, 0.4) is 0 Å². The lowest BCUT2D eigenvalue weighted by molar-refractivity contribution is -0.120. The van der Waals surface area contributed by atoms with E-state index >= 15 is 0 Å². The van der Waals surface area contributed by atoms with E-state index in [0.717, 1.165) is 29.8 Å². The molecule has 0 saturated carbocycles. The van der Waals surface area contributed by atoms with Gasteiger partial charge in [0.05, 0.1) is 11.4 Å². The van der Waals surface area contributed by atoms with Gasteiger partial charge < -0.3 is 10.3 Å². The van der Waals surface area contributed by atoms with Crippen LogP contribution in [0.25, 0.3) is 0 Å². The maximum absolute atomic E-state index is 12.8. The molecule has 0 radical (unpaired) electrons. The van der Waals surface area contributed by atoms with Crippen molar-refractivity contribution in [2.45, 2.75) is 25.3 Å². The van der Waals surface area contributed by atoms with Crippen LogP contribution in [0.5, 0.6) is 0 Å². The van der Waals surface area contributed by atoms with E-state index in [4.69, 9.17) is 0 Å². The Bertz CT molecular complexity index is 937. The average molecular weight is 367 g/mol. The van der Waals surface area contributed by atoms with Gasteiger partial charge in [-0.3, -0.25) is 9.59 Å². The Hall–Kier alpha value is -2.52. The number of halogens is 1. The zero-order valence-corrected chi connectivity index (χ0v) is 14.5. The van der Waals surface area contributed by atoms with Gasteiger partial charge >= 0.3 is 0 Å². The van der Waals surface area contributed by atoms with Crippen molar-refractivity contribution in [2.75, 3.05) is 6.54 Å². The van der Waals surface area contributed by atoms with Crippen LogP contribution in [0.1, 0.15) is 16.8 Å². The Labute approximate surface area is 144 Å². The van der Waals surface area contributed by atoms with Crippen LogP contribution in [0.4, 0.5) is 4.39 Å². The lowest BCUT2D eigenvalue weighted by Gasteiger charge is -2.09. The number of nitrogens with one attached hydrogen (secondary N) is 3. The summed E-state index contributed by atoms with van der Waals surface area (Å²) < 4.78 is 39.0. The number of carbonyl (C=O) groups excluding carboxylic acids is 1. The van der Waals surface area contributed by atoms with Gasteiger partial charge in [0.15, 0.2) is 0 Å². The molecule has 3 N–H and O–H groups in total. The molecule has 0 aliphatic carbocycles. The van der Waals surface area contributed by atoms with Gasteiger partial charge in [-0.1, -0.05) is 0 Å². The van der Waals surface area contributed by atoms with E-state index in [1.807, 2.05) is 0 Å². The minimum absolute atomic E-state index is 0.0153. The van der Waals surface area contributed by atoms with Crippen LogP contribution < -0.4 is 15.6 Å². The third-order valence-electron chi connectivity index (χ3n) is 3.50. The molecule has 134 valence electrons. The Balaban J connectivity index is 1.95. The van der Waals surface area contributed by atoms with Crippen LogP contribution in [0.2, 0.25) is 0 Å². The van der Waals surface area contributed by atoms with Gasteiger partial charge in [0.2, 0.25) is 15.9 Å². The number of rotatable bonds is 6. The highest BCUT2D eigenvalue weighted by atomic mass is 32.2. The number of H-pyrrole nitrogens is 1. The molecule has 0 spiro atoms. The summed E-state index contributed by atoms with van der Waals surface area (Å²) in [6, 6.07) is 6.01. The van der Waals surface area contributed by atoms with Crippen molar-refractivity contribution in [3.05, 3.63) is 63.3 Å². The molecule has 0 atom stereocenters. The van der Waals surface area contributed by atoms with E-state index in [1.165, 1.54) is 0 Å². The zero-order chi connectivity index (χ0) is 18.6. The summed E-state index contributed by atoms with van der Waals surface area (Å²) in [6.07, 6.45) is 0. The number of carbonyl (C=O) groups is 1. The second kappa shape index (κ2) is 7.58. The normalized spacial score (nSPS) is 11.3. The first-order chi connectivity index (χ1) is 11.7. The highest BCUT2D eigenvalue weighted by molar-refractivity contribution is 7.89. The molecule has 7 nitrogen and oxygen atoms in total. The van der Waals surface area contributed by atoms with Crippen molar-refractivity contribution >= 4 is 15.9 Å². The van der Waals surface area contributed by atoms with E-state index in [-0.39, 0.29) is 17.0 Å². The van der Waals surface area contributed by atoms with Crippen LogP contribution in [-0.2, 0) is 21.4 Å². The molecular weight excluding hydrogens is 349 g/mol. The summed E-state index contributed by atoms with van der Waals surface area (Å²) >= 11 is 0. The summed E-state index contributed by atoms with van der Waals surface area (Å²) in [5, 5.41) is 2.49. The maximum Gasteiger partial charge on any atom is 0.253 e. The summed E-state index contributed by atoms with van der Waals surface area (Å²) in [7, 11) is -3.92. The SMILES string of the molecule is Cc1cc(C)c(CNC(=O)CNS(=O)(=O)c2ccc(F)cc2)c(=O)[nH]1. The number of pyridine rings is 1. The van der Waals surface area contributed by atoms with Crippen molar-refractivity contribution in [1.82, 2.24) is 15.0 Å². The number of hydrogen-bond donors (Lipinski definition) is 3. The summed E-state index contributed by atoms with van der Waals surface area (Å²) in [5.74, 6) is -1.15. The third kappa shape index (κ3) is 4.97. The first-order valence-corrected chi connectivity index (χ1v) is 8.88. The molecular formula is C16H18FN3O4S. The number of aryl methyl sites for hydroxylation is 2. The first kappa shape index (κ1) is 18.8. The maximum atomic E-state index is 12.8. The predicted molar refractivity (Wildman–Crippen MR) is 90.0 cm³/mol. The Kier molecular flexibility index (Phi) is 5.70. The smallest absolute Gasteiger partial charge is 0.253 e. The van der Waals surface area contributed by atoms with Crippen molar-refractivity contribution in [2.24, 2.45) is 0 Å². The zero-order valence-electron chi connectivity index (χ0n) is 13.7. The molecule has 25 heavy (non-hydrogen) atoms. The molecule has 0 aliphatic rings. The fraction of sp³-hybridized carbons (Fsp3) is 0.250. The lowest BCUT2D eigenvalue weighted by atomic mass is 10.1. The molecule has 0 fully saturated rings. The second-order valence-electron chi connectivity index (χ2n) is 5.50. The summed E-state index contributed by atoms with van der Waals surface area (Å²) in [6.45, 7) is 2.99. The molecule has 1 heterocycles. The van der Waals surface area contributed by atoms with Gasteiger partial charge in [-0.05, 0) is 49.7 Å². The monoisotopic (exact) mass is 367 g/mol. The molecule has 0 aliphatic heterocycles. The van der Waals surface area contributed by atoms with Crippen molar-refractivity contribution in [3.63, 3.8) is 0 Å². The number of hydrogen-bond acceptors (Lipinski definition) is 4. The molecule has 2 rings (SSSR count). The van der Waals surface area contributed by atoms with Gasteiger partial charge in [0.1, 0.15) is 5.82 Å². The van der Waals surface area contributed by atoms with Gasteiger partial charge in [-0.15, -0.1) is 0 Å². The molecule has 0 unspecified atom stereocenters. The molecule has 9 heteroatoms. The number of aromatic nitrogens is 1. The molecule has 0 bridgehead atoms. The van der Waals surface area contributed by atoms with E-state index in [1.54, 1.807) is 19.9 Å². The fourth-order valence-electron chi connectivity index (χ4n) is 2.21. The van der Waals surface area contributed by atoms with E-state index in [2.05, 4.69) is 15.0 Å². The number of benzene rings is 1. The largest absolute Gasteiger partial charge is 0.351 e. The average Bonchev–Trinajstić information content (AvgIpc) is 2.52. The number of sulfonamides is 1. The molecule has 1 aromatic carbocycles. The highest BCUT2D eigenvalue weighted by Gasteiger charge is 2.16. The van der Waals surface area contributed by atoms with Crippen LogP contribution in [-0.4, -0.2) is 25.9 Å². The van der Waals surface area contributed by atoms with Crippen LogP contribution in [0.15, 0.2) is 40.0 Å². The van der Waals surface area contributed by atoms with Crippen LogP contribution in [0, 0.1) is 19.7 Å². The quantitative estimate of drug-likeness (QED) is 0.699. The predicted octanol–water partition coefficient (Wildman–Crippen LogP) is 0.726. The topological polar surface area (TPSA) is 108 Å². The molecule has 1 aromatic heterocycles. The molecule has 0 saturated heterocycles. The Morgan fingerprint density at radius 2 is 1.84 bits per heavy atom. The minimum Gasteiger partial charge on any atom is -0.351 e. The first-order valence-electron chi connectivity index (χ1n) is 7.40. The van der Waals surface area contributed by atoms with E-state index < -0.39 is 28.3 Å². The van der Waals surface area contributed by atoms with Gasteiger partial charge in [-0.2, -0.15) is 0 Å². The van der Waals surface area contributed by atoms with E-state index in [0.29, 0.717) is 11.3 Å². The fourth-order valence-corrected chi connectivity index (χ4v) is 3.19. The van der Waals surface area contributed by atoms with Crippen molar-refractivity contribution < 1.29 is 17.6 Å². The highest BCUT2D eigenvalue weighted by Crippen LogP contribution is 2.09.